The SMILES string of the molecule is CC(C)(C)[S+]([O-])N=CC1C[C@@H]2C[C@@H]2C1. The Morgan fingerprint density at radius 1 is 1.21 bits per heavy atom. The summed E-state index contributed by atoms with van der Waals surface area (Å²) in [6.45, 7) is 5.89. The van der Waals surface area contributed by atoms with E-state index in [0.717, 1.165) is 11.8 Å². The van der Waals surface area contributed by atoms with E-state index in [1.54, 1.807) is 0 Å². The molecule has 2 nitrogen and oxygen atoms in total. The third kappa shape index (κ3) is 2.31. The molecule has 14 heavy (non-hydrogen) atoms. The number of hydrogen-bond donors (Lipinski definition) is 0. The zero-order valence-corrected chi connectivity index (χ0v) is 10.0. The van der Waals surface area contributed by atoms with E-state index in [1.807, 2.05) is 27.0 Å². The van der Waals surface area contributed by atoms with Gasteiger partial charge in [0, 0.05) is 0 Å². The topological polar surface area (TPSA) is 35.4 Å². The molecular formula is C11H19NOS. The molecule has 0 radical (unpaired) electrons. The van der Waals surface area contributed by atoms with Crippen LogP contribution in [0.3, 0.4) is 0 Å². The van der Waals surface area contributed by atoms with Crippen molar-refractivity contribution < 1.29 is 4.55 Å². The van der Waals surface area contributed by atoms with Crippen molar-refractivity contribution in [2.45, 2.75) is 44.8 Å². The largest absolute Gasteiger partial charge is 0.591 e. The number of rotatable bonds is 2. The van der Waals surface area contributed by atoms with Crippen LogP contribution >= 0.6 is 0 Å². The van der Waals surface area contributed by atoms with E-state index in [-0.39, 0.29) is 4.75 Å². The second-order valence-electron chi connectivity index (χ2n) is 5.60. The molecule has 0 amide bonds. The van der Waals surface area contributed by atoms with Gasteiger partial charge < -0.3 is 4.55 Å². The van der Waals surface area contributed by atoms with Crippen LogP contribution in [0.1, 0.15) is 40.0 Å². The maximum absolute atomic E-state index is 11.6. The van der Waals surface area contributed by atoms with Gasteiger partial charge >= 0.3 is 0 Å². The quantitative estimate of drug-likeness (QED) is 0.513. The Hall–Kier alpha value is -0.0200. The van der Waals surface area contributed by atoms with E-state index in [4.69, 9.17) is 0 Å². The predicted octanol–water partition coefficient (Wildman–Crippen LogP) is 2.57. The van der Waals surface area contributed by atoms with Crippen LogP contribution in [0.4, 0.5) is 0 Å². The van der Waals surface area contributed by atoms with E-state index in [2.05, 4.69) is 4.40 Å². The third-order valence-electron chi connectivity index (χ3n) is 3.17. The number of nitrogens with zero attached hydrogens (tertiary/aromatic N) is 1. The average molecular weight is 213 g/mol. The Balaban J connectivity index is 1.81. The predicted molar refractivity (Wildman–Crippen MR) is 60.7 cm³/mol. The summed E-state index contributed by atoms with van der Waals surface area (Å²) >= 11 is -1.06. The highest BCUT2D eigenvalue weighted by Crippen LogP contribution is 2.53. The zero-order chi connectivity index (χ0) is 10.3. The fourth-order valence-corrected chi connectivity index (χ4v) is 2.78. The lowest BCUT2D eigenvalue weighted by atomic mass is 10.1. The molecule has 2 saturated carbocycles. The lowest BCUT2D eigenvalue weighted by Crippen LogP contribution is -2.26. The van der Waals surface area contributed by atoms with Crippen LogP contribution in [0.25, 0.3) is 0 Å². The van der Waals surface area contributed by atoms with Crippen LogP contribution in [-0.4, -0.2) is 15.5 Å². The minimum absolute atomic E-state index is 0.210. The Kier molecular flexibility index (Phi) is 2.64. The van der Waals surface area contributed by atoms with Gasteiger partial charge in [0.25, 0.3) is 0 Å². The maximum Gasteiger partial charge on any atom is 0.144 e. The summed E-state index contributed by atoms with van der Waals surface area (Å²) in [6.07, 6.45) is 5.96. The van der Waals surface area contributed by atoms with Crippen molar-refractivity contribution in [2.75, 3.05) is 0 Å². The Bertz CT molecular complexity index is 236. The highest BCUT2D eigenvalue weighted by Gasteiger charge is 2.45. The lowest BCUT2D eigenvalue weighted by molar-refractivity contribution is 0.560. The minimum Gasteiger partial charge on any atom is -0.591 e. The number of fused-ring (bicyclic) bond motifs is 1. The van der Waals surface area contributed by atoms with Gasteiger partial charge in [-0.1, -0.05) is 4.40 Å². The van der Waals surface area contributed by atoms with Crippen LogP contribution in [0.2, 0.25) is 0 Å². The van der Waals surface area contributed by atoms with Crippen molar-refractivity contribution in [3.05, 3.63) is 0 Å². The summed E-state index contributed by atoms with van der Waals surface area (Å²) in [5, 5.41) is 0. The smallest absolute Gasteiger partial charge is 0.144 e. The molecule has 0 aromatic rings. The maximum atomic E-state index is 11.6. The molecule has 0 aliphatic heterocycles. The first-order chi connectivity index (χ1) is 6.47. The molecule has 0 N–H and O–H groups in total. The van der Waals surface area contributed by atoms with E-state index >= 15 is 0 Å². The van der Waals surface area contributed by atoms with Gasteiger partial charge in [0.05, 0.1) is 6.21 Å². The van der Waals surface area contributed by atoms with Crippen LogP contribution in [-0.2, 0) is 11.4 Å². The monoisotopic (exact) mass is 213 g/mol. The zero-order valence-electron chi connectivity index (χ0n) is 9.19. The minimum atomic E-state index is -1.06. The molecule has 2 aliphatic carbocycles. The second kappa shape index (κ2) is 3.53. The molecule has 3 heteroatoms. The summed E-state index contributed by atoms with van der Waals surface area (Å²) in [5.74, 6) is 2.58. The van der Waals surface area contributed by atoms with Crippen molar-refractivity contribution in [3.8, 4) is 0 Å². The van der Waals surface area contributed by atoms with E-state index in [1.165, 1.54) is 19.3 Å². The van der Waals surface area contributed by atoms with Crippen LogP contribution in [0.5, 0.6) is 0 Å². The van der Waals surface area contributed by atoms with Gasteiger partial charge in [-0.3, -0.25) is 0 Å². The summed E-state index contributed by atoms with van der Waals surface area (Å²) < 4.78 is 15.6. The molecule has 2 unspecified atom stereocenters. The van der Waals surface area contributed by atoms with Crippen molar-refractivity contribution >= 4 is 17.6 Å². The first kappa shape index (κ1) is 10.5. The van der Waals surface area contributed by atoms with Gasteiger partial charge in [0.1, 0.15) is 16.1 Å². The Morgan fingerprint density at radius 3 is 2.29 bits per heavy atom. The average Bonchev–Trinajstić information content (AvgIpc) is 2.68. The van der Waals surface area contributed by atoms with Crippen molar-refractivity contribution in [1.82, 2.24) is 0 Å². The highest BCUT2D eigenvalue weighted by atomic mass is 32.2. The van der Waals surface area contributed by atoms with Crippen LogP contribution in [0.15, 0.2) is 4.40 Å². The molecule has 80 valence electrons. The fraction of sp³-hybridized carbons (Fsp3) is 0.909. The lowest BCUT2D eigenvalue weighted by Gasteiger charge is -2.18. The number of hydrogen-bond acceptors (Lipinski definition) is 2. The standard InChI is InChI=1S/C11H19NOS/c1-11(2,3)14(13)12-7-8-4-9-6-10(9)5-8/h7-10H,4-6H2,1-3H3/t8?,9-,10+,14?. The second-order valence-corrected chi connectivity index (χ2v) is 7.54. The summed E-state index contributed by atoms with van der Waals surface area (Å²) in [4.78, 5) is 0. The fourth-order valence-electron chi connectivity index (χ4n) is 2.18. The van der Waals surface area contributed by atoms with Crippen LogP contribution < -0.4 is 0 Å². The molecule has 0 saturated heterocycles. The first-order valence-electron chi connectivity index (χ1n) is 5.43. The normalized spacial score (nSPS) is 38.7. The van der Waals surface area contributed by atoms with Crippen LogP contribution in [0, 0.1) is 17.8 Å². The summed E-state index contributed by atoms with van der Waals surface area (Å²) in [6, 6.07) is 0. The molecule has 0 bridgehead atoms. The van der Waals surface area contributed by atoms with Gasteiger partial charge in [-0.05, 0) is 57.8 Å². The molecule has 4 atom stereocenters. The summed E-state index contributed by atoms with van der Waals surface area (Å²) in [5.41, 5.74) is 0. The molecular weight excluding hydrogens is 194 g/mol. The molecule has 2 rings (SSSR count). The van der Waals surface area contributed by atoms with Gasteiger partial charge in [-0.15, -0.1) is 0 Å². The Morgan fingerprint density at radius 2 is 1.79 bits per heavy atom. The van der Waals surface area contributed by atoms with Gasteiger partial charge in [-0.25, -0.2) is 0 Å². The highest BCUT2D eigenvalue weighted by molar-refractivity contribution is 7.91. The molecule has 0 spiro atoms. The van der Waals surface area contributed by atoms with Crippen molar-refractivity contribution in [3.63, 3.8) is 0 Å². The van der Waals surface area contributed by atoms with Gasteiger partial charge in [0.2, 0.25) is 0 Å². The van der Waals surface area contributed by atoms with Gasteiger partial charge in [-0.2, -0.15) is 0 Å². The summed E-state index contributed by atoms with van der Waals surface area (Å²) in [7, 11) is 0. The molecule has 0 heterocycles. The molecule has 0 aromatic heterocycles. The molecule has 2 fully saturated rings. The van der Waals surface area contributed by atoms with Gasteiger partial charge in [0.15, 0.2) is 0 Å². The van der Waals surface area contributed by atoms with Crippen molar-refractivity contribution in [1.29, 1.82) is 0 Å². The van der Waals surface area contributed by atoms with E-state index in [9.17, 15) is 4.55 Å². The first-order valence-corrected chi connectivity index (χ1v) is 6.53. The molecule has 0 aromatic carbocycles. The Labute approximate surface area is 89.5 Å². The molecule has 2 aliphatic rings. The van der Waals surface area contributed by atoms with E-state index in [0.29, 0.717) is 5.92 Å². The third-order valence-corrected chi connectivity index (χ3v) is 4.53. The van der Waals surface area contributed by atoms with Crippen molar-refractivity contribution in [2.24, 2.45) is 22.2 Å². The van der Waals surface area contributed by atoms with E-state index < -0.39 is 11.4 Å².